The van der Waals surface area contributed by atoms with Gasteiger partial charge in [0.25, 0.3) is 5.91 Å². The number of amides is 1. The predicted molar refractivity (Wildman–Crippen MR) is 102 cm³/mol. The van der Waals surface area contributed by atoms with Crippen LogP contribution in [0.15, 0.2) is 30.6 Å². The summed E-state index contributed by atoms with van der Waals surface area (Å²) >= 11 is 0. The van der Waals surface area contributed by atoms with Crippen LogP contribution in [0.1, 0.15) is 34.6 Å². The Balaban J connectivity index is 1.71. The molecule has 6 nitrogen and oxygen atoms in total. The number of fused-ring (bicyclic) bond motifs is 1. The van der Waals surface area contributed by atoms with Gasteiger partial charge in [-0.15, -0.1) is 0 Å². The first-order valence-corrected chi connectivity index (χ1v) is 9.32. The Kier molecular flexibility index (Phi) is 4.97. The molecule has 0 aliphatic carbocycles. The number of aromatic nitrogens is 3. The monoisotopic (exact) mass is 416 g/mol. The molecule has 1 aromatic carbocycles. The molecule has 4 rings (SSSR count). The molecule has 3 heterocycles. The highest BCUT2D eigenvalue weighted by Gasteiger charge is 2.33. The van der Waals surface area contributed by atoms with E-state index in [9.17, 15) is 18.0 Å². The number of carbonyl (C=O) groups is 1. The van der Waals surface area contributed by atoms with E-state index in [0.29, 0.717) is 35.7 Å². The number of pyridine rings is 1. The Morgan fingerprint density at radius 1 is 1.17 bits per heavy atom. The Morgan fingerprint density at radius 2 is 1.87 bits per heavy atom. The van der Waals surface area contributed by atoms with E-state index in [2.05, 4.69) is 10.1 Å². The van der Waals surface area contributed by atoms with Crippen molar-refractivity contribution in [1.29, 1.82) is 0 Å². The van der Waals surface area contributed by atoms with Gasteiger partial charge in [0.15, 0.2) is 17.5 Å². The first-order chi connectivity index (χ1) is 14.3. The third kappa shape index (κ3) is 3.20. The molecule has 0 spiro atoms. The van der Waals surface area contributed by atoms with Crippen LogP contribution in [0.3, 0.4) is 0 Å². The number of hydrogen-bond donors (Lipinski definition) is 0. The lowest BCUT2D eigenvalue weighted by molar-refractivity contribution is 0.0673. The summed E-state index contributed by atoms with van der Waals surface area (Å²) in [5.74, 6) is -3.76. The predicted octanol–water partition coefficient (Wildman–Crippen LogP) is 3.67. The van der Waals surface area contributed by atoms with Gasteiger partial charge in [0.2, 0.25) is 0 Å². The summed E-state index contributed by atoms with van der Waals surface area (Å²) in [6, 6.07) is 3.16. The van der Waals surface area contributed by atoms with Gasteiger partial charge in [-0.2, -0.15) is 5.10 Å². The lowest BCUT2D eigenvalue weighted by Crippen LogP contribution is -2.39. The van der Waals surface area contributed by atoms with Crippen LogP contribution in [0.2, 0.25) is 0 Å². The van der Waals surface area contributed by atoms with E-state index in [0.717, 1.165) is 17.7 Å². The van der Waals surface area contributed by atoms with Crippen molar-refractivity contribution < 1.29 is 22.7 Å². The van der Waals surface area contributed by atoms with E-state index in [1.807, 2.05) is 6.92 Å². The van der Waals surface area contributed by atoms with Gasteiger partial charge in [-0.3, -0.25) is 14.5 Å². The SMILES string of the molecule is COc1cncc(C(=O)N2CCc3c(nn(C)c3-c3cc(F)c(F)c(F)c3)C2C)c1. The molecule has 9 heteroatoms. The summed E-state index contributed by atoms with van der Waals surface area (Å²) in [4.78, 5) is 18.7. The number of rotatable bonds is 3. The van der Waals surface area contributed by atoms with Gasteiger partial charge in [0.05, 0.1) is 36.3 Å². The molecular weight excluding hydrogens is 397 g/mol. The zero-order chi connectivity index (χ0) is 21.6. The zero-order valence-corrected chi connectivity index (χ0v) is 16.6. The molecule has 156 valence electrons. The molecule has 0 saturated heterocycles. The largest absolute Gasteiger partial charge is 0.495 e. The fourth-order valence-electron chi connectivity index (χ4n) is 3.89. The van der Waals surface area contributed by atoms with Gasteiger partial charge in [-0.25, -0.2) is 13.2 Å². The number of hydrogen-bond acceptors (Lipinski definition) is 4. The summed E-state index contributed by atoms with van der Waals surface area (Å²) in [5, 5.41) is 4.49. The summed E-state index contributed by atoms with van der Waals surface area (Å²) in [5.41, 5.74) is 2.51. The normalized spacial score (nSPS) is 15.8. The van der Waals surface area contributed by atoms with Crippen LogP contribution in [0.25, 0.3) is 11.3 Å². The minimum Gasteiger partial charge on any atom is -0.495 e. The summed E-state index contributed by atoms with van der Waals surface area (Å²) in [7, 11) is 3.15. The van der Waals surface area contributed by atoms with Crippen molar-refractivity contribution in [2.75, 3.05) is 13.7 Å². The molecular formula is C21H19F3N4O2. The van der Waals surface area contributed by atoms with E-state index in [-0.39, 0.29) is 17.5 Å². The van der Waals surface area contributed by atoms with Crippen LogP contribution >= 0.6 is 0 Å². The maximum atomic E-state index is 13.8. The van der Waals surface area contributed by atoms with Crippen molar-refractivity contribution in [3.8, 4) is 17.0 Å². The number of benzene rings is 1. The van der Waals surface area contributed by atoms with Crippen molar-refractivity contribution in [3.63, 3.8) is 0 Å². The fraction of sp³-hybridized carbons (Fsp3) is 0.286. The Bertz CT molecular complexity index is 1120. The Labute approximate surface area is 170 Å². The molecule has 1 amide bonds. The summed E-state index contributed by atoms with van der Waals surface area (Å²) < 4.78 is 47.6. The third-order valence-corrected chi connectivity index (χ3v) is 5.36. The van der Waals surface area contributed by atoms with Crippen LogP contribution < -0.4 is 4.74 Å². The molecule has 3 aromatic rings. The highest BCUT2D eigenvalue weighted by atomic mass is 19.2. The van der Waals surface area contributed by atoms with Crippen LogP contribution in [-0.2, 0) is 13.5 Å². The molecule has 2 aromatic heterocycles. The van der Waals surface area contributed by atoms with Gasteiger partial charge in [0.1, 0.15) is 5.75 Å². The average Bonchev–Trinajstić information content (AvgIpc) is 3.08. The average molecular weight is 416 g/mol. The first kappa shape index (κ1) is 19.9. The maximum Gasteiger partial charge on any atom is 0.256 e. The number of carbonyl (C=O) groups excluding carboxylic acids is 1. The van der Waals surface area contributed by atoms with Crippen molar-refractivity contribution in [1.82, 2.24) is 19.7 Å². The number of methoxy groups -OCH3 is 1. The van der Waals surface area contributed by atoms with Gasteiger partial charge in [-0.1, -0.05) is 0 Å². The highest BCUT2D eigenvalue weighted by Crippen LogP contribution is 2.36. The number of nitrogens with zero attached hydrogens (tertiary/aromatic N) is 4. The topological polar surface area (TPSA) is 60.2 Å². The molecule has 0 bridgehead atoms. The fourth-order valence-corrected chi connectivity index (χ4v) is 3.89. The van der Waals surface area contributed by atoms with Crippen LogP contribution in [0, 0.1) is 17.5 Å². The molecule has 1 atom stereocenters. The van der Waals surface area contributed by atoms with E-state index in [1.165, 1.54) is 24.2 Å². The van der Waals surface area contributed by atoms with E-state index < -0.39 is 17.5 Å². The smallest absolute Gasteiger partial charge is 0.256 e. The number of halogens is 3. The van der Waals surface area contributed by atoms with Gasteiger partial charge >= 0.3 is 0 Å². The van der Waals surface area contributed by atoms with Crippen LogP contribution in [0.5, 0.6) is 5.75 Å². The number of ether oxygens (including phenoxy) is 1. The zero-order valence-electron chi connectivity index (χ0n) is 16.6. The summed E-state index contributed by atoms with van der Waals surface area (Å²) in [6.45, 7) is 2.22. The van der Waals surface area contributed by atoms with Crippen LogP contribution in [0.4, 0.5) is 13.2 Å². The van der Waals surface area contributed by atoms with E-state index in [4.69, 9.17) is 4.74 Å². The quantitative estimate of drug-likeness (QED) is 0.612. The Hall–Kier alpha value is -3.36. The Morgan fingerprint density at radius 3 is 2.53 bits per heavy atom. The van der Waals surface area contributed by atoms with Gasteiger partial charge in [0, 0.05) is 30.9 Å². The molecule has 30 heavy (non-hydrogen) atoms. The number of aryl methyl sites for hydroxylation is 1. The molecule has 0 saturated carbocycles. The van der Waals surface area contributed by atoms with Crippen molar-refractivity contribution >= 4 is 5.91 Å². The van der Waals surface area contributed by atoms with Gasteiger partial charge in [-0.05, 0) is 31.5 Å². The molecule has 1 aliphatic rings. The summed E-state index contributed by atoms with van der Waals surface area (Å²) in [6.07, 6.45) is 3.42. The first-order valence-electron chi connectivity index (χ1n) is 9.32. The second-order valence-corrected chi connectivity index (χ2v) is 7.13. The van der Waals surface area contributed by atoms with E-state index in [1.54, 1.807) is 18.0 Å². The minimum absolute atomic E-state index is 0.201. The molecule has 0 fully saturated rings. The third-order valence-electron chi connectivity index (χ3n) is 5.36. The molecule has 0 radical (unpaired) electrons. The standard InChI is InChI=1S/C21H19F3N4O2/c1-11-19-15(4-5-28(11)21(29)13-6-14(30-3)10-25-9-13)20(27(2)26-19)12-7-16(22)18(24)17(23)8-12/h6-11H,4-5H2,1-3H3. The van der Waals surface area contributed by atoms with Crippen molar-refractivity contribution in [3.05, 3.63) is 64.9 Å². The molecule has 1 aliphatic heterocycles. The molecule has 1 unspecified atom stereocenters. The second kappa shape index (κ2) is 7.47. The lowest BCUT2D eigenvalue weighted by Gasteiger charge is -2.33. The lowest BCUT2D eigenvalue weighted by atomic mass is 9.95. The van der Waals surface area contributed by atoms with Gasteiger partial charge < -0.3 is 9.64 Å². The molecule has 0 N–H and O–H groups in total. The highest BCUT2D eigenvalue weighted by molar-refractivity contribution is 5.94. The second-order valence-electron chi connectivity index (χ2n) is 7.13. The maximum absolute atomic E-state index is 13.8. The van der Waals surface area contributed by atoms with Crippen molar-refractivity contribution in [2.45, 2.75) is 19.4 Å². The van der Waals surface area contributed by atoms with Crippen molar-refractivity contribution in [2.24, 2.45) is 7.05 Å². The minimum atomic E-state index is -1.51. The van der Waals surface area contributed by atoms with E-state index >= 15 is 0 Å². The van der Waals surface area contributed by atoms with Crippen LogP contribution in [-0.4, -0.2) is 39.2 Å².